The van der Waals surface area contributed by atoms with Gasteiger partial charge in [0.05, 0.1) is 16.8 Å². The number of hydrogen-bond donors (Lipinski definition) is 2. The largest absolute Gasteiger partial charge is 0.397 e. The zero-order chi connectivity index (χ0) is 14.1. The number of carbonyl (C=O) groups is 1. The number of aryl methyl sites for hydroxylation is 1. The normalized spacial score (nSPS) is 10.7. The van der Waals surface area contributed by atoms with Crippen molar-refractivity contribution in [3.05, 3.63) is 53.0 Å². The van der Waals surface area contributed by atoms with Crippen LogP contribution in [-0.4, -0.2) is 10.9 Å². The number of carbonyl (C=O) groups excluding carboxylic acids is 1. The molecule has 3 aromatic rings. The molecule has 4 nitrogen and oxygen atoms in total. The number of pyridine rings is 1. The molecule has 1 aromatic carbocycles. The number of benzene rings is 1. The predicted octanol–water partition coefficient (Wildman–Crippen LogP) is 3.44. The molecule has 0 bridgehead atoms. The van der Waals surface area contributed by atoms with Gasteiger partial charge in [0.1, 0.15) is 5.82 Å². The Labute approximate surface area is 120 Å². The van der Waals surface area contributed by atoms with Crippen molar-refractivity contribution in [1.82, 2.24) is 4.98 Å². The van der Waals surface area contributed by atoms with Crippen molar-refractivity contribution >= 4 is 38.8 Å². The van der Waals surface area contributed by atoms with E-state index in [2.05, 4.69) is 10.3 Å². The average molecular weight is 283 g/mol. The van der Waals surface area contributed by atoms with Crippen molar-refractivity contribution in [3.8, 4) is 0 Å². The molecule has 2 aromatic heterocycles. The number of nitrogen functional groups attached to an aromatic ring is 1. The van der Waals surface area contributed by atoms with Gasteiger partial charge in [-0.25, -0.2) is 4.98 Å². The van der Waals surface area contributed by atoms with E-state index in [9.17, 15) is 4.79 Å². The number of nitrogens with zero attached hydrogens (tertiary/aromatic N) is 1. The number of fused-ring (bicyclic) bond motifs is 1. The molecule has 0 aliphatic carbocycles. The summed E-state index contributed by atoms with van der Waals surface area (Å²) in [5, 5.41) is 3.87. The highest BCUT2D eigenvalue weighted by Crippen LogP contribution is 2.26. The summed E-state index contributed by atoms with van der Waals surface area (Å²) in [4.78, 5) is 17.0. The number of aromatic nitrogens is 1. The molecule has 0 aliphatic heterocycles. The minimum Gasteiger partial charge on any atom is -0.397 e. The highest BCUT2D eigenvalue weighted by molar-refractivity contribution is 7.20. The smallest absolute Gasteiger partial charge is 0.266 e. The molecule has 0 saturated carbocycles. The van der Waals surface area contributed by atoms with E-state index in [1.807, 2.05) is 37.3 Å². The van der Waals surface area contributed by atoms with Crippen LogP contribution in [-0.2, 0) is 0 Å². The fraction of sp³-hybridized carbons (Fsp3) is 0.0667. The molecule has 1 amide bonds. The Hall–Kier alpha value is -2.40. The fourth-order valence-corrected chi connectivity index (χ4v) is 2.86. The van der Waals surface area contributed by atoms with Gasteiger partial charge >= 0.3 is 0 Å². The summed E-state index contributed by atoms with van der Waals surface area (Å²) in [5.41, 5.74) is 7.22. The first-order valence-electron chi connectivity index (χ1n) is 6.15. The maximum absolute atomic E-state index is 12.2. The lowest BCUT2D eigenvalue weighted by Gasteiger charge is -2.05. The summed E-state index contributed by atoms with van der Waals surface area (Å²) < 4.78 is 1.10. The van der Waals surface area contributed by atoms with Crippen LogP contribution >= 0.6 is 11.3 Å². The van der Waals surface area contributed by atoms with Crippen LogP contribution < -0.4 is 11.1 Å². The van der Waals surface area contributed by atoms with Gasteiger partial charge in [-0.3, -0.25) is 4.79 Å². The summed E-state index contributed by atoms with van der Waals surface area (Å²) in [6.07, 6.45) is 1.55. The first-order valence-corrected chi connectivity index (χ1v) is 6.97. The third-order valence-electron chi connectivity index (χ3n) is 3.04. The summed E-state index contributed by atoms with van der Waals surface area (Å²) >= 11 is 1.47. The lowest BCUT2D eigenvalue weighted by molar-refractivity contribution is 0.103. The second-order valence-electron chi connectivity index (χ2n) is 4.53. The van der Waals surface area contributed by atoms with E-state index >= 15 is 0 Å². The molecule has 0 fully saturated rings. The molecule has 5 heteroatoms. The van der Waals surface area contributed by atoms with Crippen molar-refractivity contribution in [1.29, 1.82) is 0 Å². The maximum atomic E-state index is 12.2. The van der Waals surface area contributed by atoms with Crippen LogP contribution in [0.4, 0.5) is 11.5 Å². The molecule has 0 radical (unpaired) electrons. The lowest BCUT2D eigenvalue weighted by Crippen LogP contribution is -2.11. The molecule has 0 unspecified atom stereocenters. The molecular weight excluding hydrogens is 270 g/mol. The van der Waals surface area contributed by atoms with E-state index in [0.29, 0.717) is 16.4 Å². The summed E-state index contributed by atoms with van der Waals surface area (Å²) in [5.74, 6) is 0.363. The number of nitrogens with two attached hydrogens (primary N) is 1. The standard InChI is InChI=1S/C15H13N3OS/c1-9-6-14(17-8-11(9)16)18-15(19)13-7-10-4-2-3-5-12(10)20-13/h2-8H,16H2,1H3,(H,17,18,19). The number of hydrogen-bond acceptors (Lipinski definition) is 4. The minimum absolute atomic E-state index is 0.150. The molecule has 0 atom stereocenters. The second-order valence-corrected chi connectivity index (χ2v) is 5.61. The molecule has 3 rings (SSSR count). The van der Waals surface area contributed by atoms with E-state index in [-0.39, 0.29) is 5.91 Å². The van der Waals surface area contributed by atoms with Gasteiger partial charge in [-0.15, -0.1) is 11.3 Å². The summed E-state index contributed by atoms with van der Waals surface area (Å²) in [6, 6.07) is 11.6. The van der Waals surface area contributed by atoms with Crippen molar-refractivity contribution in [2.45, 2.75) is 6.92 Å². The molecular formula is C15H13N3OS. The van der Waals surface area contributed by atoms with Crippen LogP contribution in [0.5, 0.6) is 0 Å². The fourth-order valence-electron chi connectivity index (χ4n) is 1.91. The number of rotatable bonds is 2. The van der Waals surface area contributed by atoms with E-state index < -0.39 is 0 Å². The Bertz CT molecular complexity index is 762. The van der Waals surface area contributed by atoms with Gasteiger partial charge in [0, 0.05) is 4.70 Å². The SMILES string of the molecule is Cc1cc(NC(=O)c2cc3ccccc3s2)ncc1N. The van der Waals surface area contributed by atoms with E-state index in [1.54, 1.807) is 12.3 Å². The van der Waals surface area contributed by atoms with Crippen LogP contribution in [0.25, 0.3) is 10.1 Å². The quantitative estimate of drug-likeness (QED) is 0.757. The van der Waals surface area contributed by atoms with Gasteiger partial charge in [-0.2, -0.15) is 0 Å². The van der Waals surface area contributed by atoms with Gasteiger partial charge < -0.3 is 11.1 Å². The van der Waals surface area contributed by atoms with Gasteiger partial charge in [-0.1, -0.05) is 18.2 Å². The van der Waals surface area contributed by atoms with Crippen LogP contribution in [0.3, 0.4) is 0 Å². The van der Waals surface area contributed by atoms with Gasteiger partial charge in [0.2, 0.25) is 0 Å². The third kappa shape index (κ3) is 2.35. The Morgan fingerprint density at radius 1 is 1.30 bits per heavy atom. The molecule has 2 heterocycles. The van der Waals surface area contributed by atoms with Gasteiger partial charge in [-0.05, 0) is 36.1 Å². The van der Waals surface area contributed by atoms with Crippen LogP contribution in [0.2, 0.25) is 0 Å². The number of thiophene rings is 1. The Kier molecular flexibility index (Phi) is 3.12. The lowest BCUT2D eigenvalue weighted by atomic mass is 10.2. The first kappa shape index (κ1) is 12.6. The van der Waals surface area contributed by atoms with Gasteiger partial charge in [0.25, 0.3) is 5.91 Å². The van der Waals surface area contributed by atoms with Crippen molar-refractivity contribution in [2.24, 2.45) is 0 Å². The Balaban J connectivity index is 1.86. The zero-order valence-electron chi connectivity index (χ0n) is 10.9. The van der Waals surface area contributed by atoms with Crippen molar-refractivity contribution in [2.75, 3.05) is 11.1 Å². The zero-order valence-corrected chi connectivity index (χ0v) is 11.7. The molecule has 20 heavy (non-hydrogen) atoms. The highest BCUT2D eigenvalue weighted by atomic mass is 32.1. The minimum atomic E-state index is -0.150. The highest BCUT2D eigenvalue weighted by Gasteiger charge is 2.11. The summed E-state index contributed by atoms with van der Waals surface area (Å²) in [6.45, 7) is 1.88. The van der Waals surface area contributed by atoms with Crippen LogP contribution in [0, 0.1) is 6.92 Å². The number of nitrogens with one attached hydrogen (secondary N) is 1. The average Bonchev–Trinajstić information content (AvgIpc) is 2.87. The molecule has 0 saturated heterocycles. The van der Waals surface area contributed by atoms with E-state index in [0.717, 1.165) is 15.6 Å². The Morgan fingerprint density at radius 3 is 2.85 bits per heavy atom. The topological polar surface area (TPSA) is 68.0 Å². The third-order valence-corrected chi connectivity index (χ3v) is 4.16. The molecule has 3 N–H and O–H groups in total. The van der Waals surface area contributed by atoms with Gasteiger partial charge in [0.15, 0.2) is 0 Å². The monoisotopic (exact) mass is 283 g/mol. The molecule has 0 aliphatic rings. The number of anilines is 2. The van der Waals surface area contributed by atoms with E-state index in [1.165, 1.54) is 11.3 Å². The predicted molar refractivity (Wildman–Crippen MR) is 83.2 cm³/mol. The van der Waals surface area contributed by atoms with Crippen molar-refractivity contribution < 1.29 is 4.79 Å². The number of amides is 1. The first-order chi connectivity index (χ1) is 9.63. The Morgan fingerprint density at radius 2 is 2.10 bits per heavy atom. The maximum Gasteiger partial charge on any atom is 0.266 e. The molecule has 100 valence electrons. The van der Waals surface area contributed by atoms with Crippen molar-refractivity contribution in [3.63, 3.8) is 0 Å². The second kappa shape index (κ2) is 4.94. The summed E-state index contributed by atoms with van der Waals surface area (Å²) in [7, 11) is 0. The molecule has 0 spiro atoms. The van der Waals surface area contributed by atoms with Crippen LogP contribution in [0.1, 0.15) is 15.2 Å². The van der Waals surface area contributed by atoms with Crippen LogP contribution in [0.15, 0.2) is 42.6 Å². The van der Waals surface area contributed by atoms with E-state index in [4.69, 9.17) is 5.73 Å².